The summed E-state index contributed by atoms with van der Waals surface area (Å²) < 4.78 is 6.46. The fourth-order valence-corrected chi connectivity index (χ4v) is 4.63. The van der Waals surface area contributed by atoms with Crippen molar-refractivity contribution in [1.29, 1.82) is 0 Å². The van der Waals surface area contributed by atoms with E-state index in [0.717, 1.165) is 21.6 Å². The van der Waals surface area contributed by atoms with Crippen LogP contribution in [0.1, 0.15) is 22.3 Å². The Morgan fingerprint density at radius 1 is 0.971 bits per heavy atom. The third kappa shape index (κ3) is 5.59. The molecule has 1 saturated heterocycles. The zero-order valence-corrected chi connectivity index (χ0v) is 21.8. The van der Waals surface area contributed by atoms with Crippen LogP contribution < -0.4 is 15.0 Å². The molecule has 0 unspecified atom stereocenters. The van der Waals surface area contributed by atoms with Gasteiger partial charge in [-0.15, -0.1) is 0 Å². The predicted octanol–water partition coefficient (Wildman–Crippen LogP) is 6.62. The highest BCUT2D eigenvalue weighted by Crippen LogP contribution is 2.30. The number of anilines is 1. The van der Waals surface area contributed by atoms with Gasteiger partial charge in [0.2, 0.25) is 0 Å². The van der Waals surface area contributed by atoms with Crippen molar-refractivity contribution in [3.05, 3.63) is 96.9 Å². The largest absolute Gasteiger partial charge is 0.488 e. The van der Waals surface area contributed by atoms with Gasteiger partial charge in [0.05, 0.1) is 10.2 Å². The Labute approximate surface area is 220 Å². The van der Waals surface area contributed by atoms with Gasteiger partial charge in [-0.2, -0.15) is 0 Å². The van der Waals surface area contributed by atoms with Gasteiger partial charge in [-0.3, -0.25) is 14.9 Å². The summed E-state index contributed by atoms with van der Waals surface area (Å²) in [7, 11) is 0. The van der Waals surface area contributed by atoms with Crippen molar-refractivity contribution < 1.29 is 19.1 Å². The van der Waals surface area contributed by atoms with Gasteiger partial charge >= 0.3 is 6.03 Å². The Kier molecular flexibility index (Phi) is 7.31. The van der Waals surface area contributed by atoms with E-state index in [1.54, 1.807) is 48.5 Å². The van der Waals surface area contributed by atoms with E-state index in [-0.39, 0.29) is 12.2 Å². The number of halogens is 3. The van der Waals surface area contributed by atoms with Gasteiger partial charge in [0.25, 0.3) is 11.8 Å². The van der Waals surface area contributed by atoms with Crippen LogP contribution in [-0.4, -0.2) is 17.8 Å². The zero-order valence-electron chi connectivity index (χ0n) is 18.7. The molecule has 1 N–H and O–H groups in total. The number of barbiturate groups is 1. The Morgan fingerprint density at radius 2 is 1.69 bits per heavy atom. The second-order valence-corrected chi connectivity index (χ2v) is 9.72. The van der Waals surface area contributed by atoms with Crippen molar-refractivity contribution in [2.24, 2.45) is 0 Å². The van der Waals surface area contributed by atoms with Crippen LogP contribution in [-0.2, 0) is 16.2 Å². The summed E-state index contributed by atoms with van der Waals surface area (Å²) in [6.45, 7) is 3.96. The molecule has 1 aliphatic heterocycles. The minimum Gasteiger partial charge on any atom is -0.488 e. The van der Waals surface area contributed by atoms with Gasteiger partial charge in [0.15, 0.2) is 0 Å². The molecule has 0 aliphatic carbocycles. The highest BCUT2D eigenvalue weighted by Gasteiger charge is 2.37. The molecule has 3 aromatic rings. The molecule has 3 aromatic carbocycles. The lowest BCUT2D eigenvalue weighted by Crippen LogP contribution is -2.54. The topological polar surface area (TPSA) is 75.7 Å². The zero-order chi connectivity index (χ0) is 25.3. The lowest BCUT2D eigenvalue weighted by atomic mass is 10.1. The number of hydrogen-bond donors (Lipinski definition) is 1. The number of hydrogen-bond acceptors (Lipinski definition) is 4. The molecule has 178 valence electrons. The minimum absolute atomic E-state index is 0.155. The first-order valence-electron chi connectivity index (χ1n) is 10.5. The van der Waals surface area contributed by atoms with Crippen LogP contribution in [0.15, 0.2) is 64.6 Å². The van der Waals surface area contributed by atoms with Crippen molar-refractivity contribution in [3.8, 4) is 5.75 Å². The molecule has 1 heterocycles. The Morgan fingerprint density at radius 3 is 2.34 bits per heavy atom. The number of carbonyl (C=O) groups excluding carboxylic acids is 3. The third-order valence-electron chi connectivity index (χ3n) is 5.23. The normalized spacial score (nSPS) is 14.9. The molecule has 0 spiro atoms. The molecule has 9 heteroatoms. The molecule has 0 saturated carbocycles. The standard InChI is InChI=1S/C26H19BrCl2N2O4/c1-14-7-15(2)9-19(8-14)31-25(33)20(24(32)30-26(31)34)10-16-3-6-23(21(27)11-16)35-13-17-4-5-18(28)12-22(17)29/h3-12H,13H2,1-2H3,(H,30,32,34)/b20-10+. The van der Waals surface area contributed by atoms with Gasteiger partial charge in [-0.05, 0) is 88.9 Å². The lowest BCUT2D eigenvalue weighted by Gasteiger charge is -2.27. The maximum atomic E-state index is 13.2. The van der Waals surface area contributed by atoms with E-state index in [2.05, 4.69) is 21.2 Å². The number of amides is 4. The Balaban J connectivity index is 1.58. The molecule has 0 atom stereocenters. The quantitative estimate of drug-likeness (QED) is 0.275. The smallest absolute Gasteiger partial charge is 0.335 e. The van der Waals surface area contributed by atoms with E-state index in [1.807, 2.05) is 19.9 Å². The summed E-state index contributed by atoms with van der Waals surface area (Å²) in [5.41, 5.74) is 3.37. The predicted molar refractivity (Wildman–Crippen MR) is 140 cm³/mol. The van der Waals surface area contributed by atoms with E-state index >= 15 is 0 Å². The maximum absolute atomic E-state index is 13.2. The van der Waals surface area contributed by atoms with Crippen LogP contribution in [0.4, 0.5) is 10.5 Å². The third-order valence-corrected chi connectivity index (χ3v) is 6.44. The van der Waals surface area contributed by atoms with E-state index < -0.39 is 17.8 Å². The summed E-state index contributed by atoms with van der Waals surface area (Å²) in [5.74, 6) is -0.906. The van der Waals surface area contributed by atoms with Crippen LogP contribution in [0, 0.1) is 13.8 Å². The van der Waals surface area contributed by atoms with Crippen molar-refractivity contribution >= 4 is 68.7 Å². The number of benzene rings is 3. The number of ether oxygens (including phenoxy) is 1. The molecular formula is C26H19BrCl2N2O4. The van der Waals surface area contributed by atoms with E-state index in [1.165, 1.54) is 6.08 Å². The number of imide groups is 2. The molecule has 0 radical (unpaired) electrons. The van der Waals surface area contributed by atoms with Crippen LogP contribution in [0.25, 0.3) is 6.08 Å². The Hall–Kier alpha value is -3.13. The second kappa shape index (κ2) is 10.2. The average molecular weight is 574 g/mol. The fourth-order valence-electron chi connectivity index (χ4n) is 3.66. The molecule has 4 rings (SSSR count). The molecule has 35 heavy (non-hydrogen) atoms. The molecule has 6 nitrogen and oxygen atoms in total. The number of carbonyl (C=O) groups is 3. The average Bonchev–Trinajstić information content (AvgIpc) is 2.76. The molecule has 1 aliphatic rings. The minimum atomic E-state index is -0.784. The summed E-state index contributed by atoms with van der Waals surface area (Å²) in [6.07, 6.45) is 1.43. The van der Waals surface area contributed by atoms with Crippen LogP contribution in [0.5, 0.6) is 5.75 Å². The summed E-state index contributed by atoms with van der Waals surface area (Å²) >= 11 is 15.6. The molecule has 1 fully saturated rings. The number of nitrogens with zero attached hydrogens (tertiary/aromatic N) is 1. The summed E-state index contributed by atoms with van der Waals surface area (Å²) in [4.78, 5) is 39.1. The van der Waals surface area contributed by atoms with Gasteiger partial charge in [-0.25, -0.2) is 9.69 Å². The first-order valence-corrected chi connectivity index (χ1v) is 12.0. The van der Waals surface area contributed by atoms with Gasteiger partial charge in [-0.1, -0.05) is 41.4 Å². The highest BCUT2D eigenvalue weighted by atomic mass is 79.9. The SMILES string of the molecule is Cc1cc(C)cc(N2C(=O)NC(=O)/C(=C\c3ccc(OCc4ccc(Cl)cc4Cl)c(Br)c3)C2=O)c1. The van der Waals surface area contributed by atoms with Crippen LogP contribution >= 0.6 is 39.1 Å². The Bertz CT molecular complexity index is 1380. The lowest BCUT2D eigenvalue weighted by molar-refractivity contribution is -0.122. The molecule has 0 aromatic heterocycles. The maximum Gasteiger partial charge on any atom is 0.335 e. The van der Waals surface area contributed by atoms with Gasteiger partial charge in [0.1, 0.15) is 17.9 Å². The molecule has 4 amide bonds. The number of rotatable bonds is 5. The van der Waals surface area contributed by atoms with E-state index in [0.29, 0.717) is 31.5 Å². The number of urea groups is 1. The van der Waals surface area contributed by atoms with Crippen molar-refractivity contribution in [2.75, 3.05) is 4.90 Å². The van der Waals surface area contributed by atoms with Crippen molar-refractivity contribution in [2.45, 2.75) is 20.5 Å². The molecule has 0 bridgehead atoms. The summed E-state index contributed by atoms with van der Waals surface area (Å²) in [6, 6.07) is 14.9. The van der Waals surface area contributed by atoms with Crippen molar-refractivity contribution in [3.63, 3.8) is 0 Å². The second-order valence-electron chi connectivity index (χ2n) is 8.02. The first-order chi connectivity index (χ1) is 16.6. The van der Waals surface area contributed by atoms with Gasteiger partial charge < -0.3 is 4.74 Å². The summed E-state index contributed by atoms with van der Waals surface area (Å²) in [5, 5.41) is 3.28. The first kappa shape index (κ1) is 25.0. The van der Waals surface area contributed by atoms with E-state index in [9.17, 15) is 14.4 Å². The fraction of sp³-hybridized carbons (Fsp3) is 0.115. The van der Waals surface area contributed by atoms with Gasteiger partial charge in [0, 0.05) is 15.6 Å². The number of aryl methyl sites for hydroxylation is 2. The van der Waals surface area contributed by atoms with E-state index in [4.69, 9.17) is 27.9 Å². The van der Waals surface area contributed by atoms with Crippen LogP contribution in [0.2, 0.25) is 10.0 Å². The highest BCUT2D eigenvalue weighted by molar-refractivity contribution is 9.10. The van der Waals surface area contributed by atoms with Crippen LogP contribution in [0.3, 0.4) is 0 Å². The van der Waals surface area contributed by atoms with Crippen molar-refractivity contribution in [1.82, 2.24) is 5.32 Å². The monoisotopic (exact) mass is 572 g/mol. The molecular weight excluding hydrogens is 555 g/mol. The number of nitrogens with one attached hydrogen (secondary N) is 1.